The fraction of sp³-hybridized carbons (Fsp3) is 0.444. The van der Waals surface area contributed by atoms with E-state index >= 15 is 0 Å². The maximum atomic E-state index is 12.8. The molecule has 2 aliphatic carbocycles. The molecule has 0 saturated heterocycles. The van der Waals surface area contributed by atoms with Crippen LogP contribution >= 0.6 is 0 Å². The van der Waals surface area contributed by atoms with Gasteiger partial charge in [-0.3, -0.25) is 14.1 Å². The van der Waals surface area contributed by atoms with Crippen LogP contribution in [-0.4, -0.2) is 23.9 Å². The molecule has 2 unspecified atom stereocenters. The molecule has 2 bridgehead atoms. The summed E-state index contributed by atoms with van der Waals surface area (Å²) in [6.07, 6.45) is 3.73. The van der Waals surface area contributed by atoms with Crippen molar-refractivity contribution in [1.29, 1.82) is 0 Å². The Morgan fingerprint density at radius 3 is 2.25 bits per heavy atom. The van der Waals surface area contributed by atoms with Crippen molar-refractivity contribution < 1.29 is 22.6 Å². The van der Waals surface area contributed by atoms with Crippen LogP contribution in [0.4, 0.5) is 0 Å². The van der Waals surface area contributed by atoms with E-state index < -0.39 is 15.2 Å². The van der Waals surface area contributed by atoms with Gasteiger partial charge in [0, 0.05) is 11.0 Å². The van der Waals surface area contributed by atoms with Gasteiger partial charge in [-0.2, -0.15) is 8.42 Å². The maximum absolute atomic E-state index is 12.8. The molecule has 0 aromatic heterocycles. The third-order valence-corrected chi connectivity index (χ3v) is 6.77. The second-order valence-corrected chi connectivity index (χ2v) is 8.78. The van der Waals surface area contributed by atoms with Crippen molar-refractivity contribution in [3.63, 3.8) is 0 Å². The molecule has 0 spiro atoms. The molecule has 0 heterocycles. The van der Waals surface area contributed by atoms with Gasteiger partial charge in [0.15, 0.2) is 5.78 Å². The first kappa shape index (κ1) is 17.0. The molecule has 1 aromatic carbocycles. The zero-order valence-electron chi connectivity index (χ0n) is 13.9. The van der Waals surface area contributed by atoms with Crippen LogP contribution in [0.25, 0.3) is 6.08 Å². The molecule has 6 heteroatoms. The maximum Gasteiger partial charge on any atom is 0.333 e. The number of hydrogen-bond donors (Lipinski definition) is 1. The van der Waals surface area contributed by atoms with Crippen LogP contribution in [0.5, 0.6) is 0 Å². The Morgan fingerprint density at radius 2 is 1.79 bits per heavy atom. The number of ketones is 1. The molecule has 0 aliphatic heterocycles. The molecule has 1 N–H and O–H groups in total. The lowest BCUT2D eigenvalue weighted by Gasteiger charge is -2.31. The summed E-state index contributed by atoms with van der Waals surface area (Å²) in [6, 6.07) is 5.85. The van der Waals surface area contributed by atoms with Crippen molar-refractivity contribution in [2.24, 2.45) is 16.7 Å². The van der Waals surface area contributed by atoms with Gasteiger partial charge in [0.05, 0.1) is 0 Å². The number of allylic oxidation sites excluding steroid dienone is 1. The Kier molecular flexibility index (Phi) is 3.62. The van der Waals surface area contributed by atoms with Crippen LogP contribution in [0.1, 0.15) is 49.5 Å². The lowest BCUT2D eigenvalue weighted by atomic mass is 9.70. The van der Waals surface area contributed by atoms with Crippen molar-refractivity contribution in [2.75, 3.05) is 0 Å². The van der Waals surface area contributed by atoms with Crippen LogP contribution in [0.3, 0.4) is 0 Å². The Bertz CT molecular complexity index is 861. The second kappa shape index (κ2) is 5.10. The summed E-state index contributed by atoms with van der Waals surface area (Å²) in [4.78, 5) is 24.3. The Hall–Kier alpha value is -1.79. The number of rotatable bonds is 2. The molecule has 2 aliphatic rings. The summed E-state index contributed by atoms with van der Waals surface area (Å²) in [5.41, 5.74) is 1.03. The van der Waals surface area contributed by atoms with Gasteiger partial charge < -0.3 is 0 Å². The highest BCUT2D eigenvalue weighted by atomic mass is 32.2. The lowest BCUT2D eigenvalue weighted by molar-refractivity contribution is -0.125. The highest BCUT2D eigenvalue weighted by molar-refractivity contribution is 8.01. The first-order chi connectivity index (χ1) is 11.0. The standard InChI is InChI=1S/C18H20O5S/c1-17(2)14-8-9-18(17,3)15(19)13(14)10-11-4-6-12(7-5-11)16(20)24(21,22)23/h4-7,10,14H,8-9H2,1-3H3,(H,21,22,23). The topological polar surface area (TPSA) is 88.5 Å². The average Bonchev–Trinajstić information content (AvgIpc) is 2.80. The van der Waals surface area contributed by atoms with Gasteiger partial charge in [0.1, 0.15) is 0 Å². The normalized spacial score (nSPS) is 30.1. The summed E-state index contributed by atoms with van der Waals surface area (Å²) >= 11 is 0. The predicted octanol–water partition coefficient (Wildman–Crippen LogP) is 3.12. The van der Waals surface area contributed by atoms with Gasteiger partial charge >= 0.3 is 15.2 Å². The summed E-state index contributed by atoms with van der Waals surface area (Å²) < 4.78 is 30.6. The fourth-order valence-corrected chi connectivity index (χ4v) is 4.57. The van der Waals surface area contributed by atoms with Crippen LogP contribution in [0.2, 0.25) is 0 Å². The number of carbonyl (C=O) groups is 2. The summed E-state index contributed by atoms with van der Waals surface area (Å²) in [5.74, 6) is 0.399. The number of benzene rings is 1. The fourth-order valence-electron chi connectivity index (χ4n) is 4.14. The third-order valence-electron chi connectivity index (χ3n) is 6.07. The molecule has 0 radical (unpaired) electrons. The minimum Gasteiger partial charge on any atom is -0.294 e. The molecule has 2 fully saturated rings. The van der Waals surface area contributed by atoms with E-state index in [0.717, 1.165) is 24.0 Å². The monoisotopic (exact) mass is 348 g/mol. The summed E-state index contributed by atoms with van der Waals surface area (Å²) in [6.45, 7) is 6.30. The van der Waals surface area contributed by atoms with E-state index in [1.165, 1.54) is 12.1 Å². The number of Topliss-reactive ketones (excluding diaryl/α,β-unsaturated/α-hetero) is 1. The van der Waals surface area contributed by atoms with Crippen molar-refractivity contribution >= 4 is 27.1 Å². The molecule has 128 valence electrons. The van der Waals surface area contributed by atoms with Gasteiger partial charge in [-0.1, -0.05) is 32.9 Å². The smallest absolute Gasteiger partial charge is 0.294 e. The zero-order chi connectivity index (χ0) is 17.9. The van der Waals surface area contributed by atoms with Crippen molar-refractivity contribution in [3.8, 4) is 0 Å². The molecular weight excluding hydrogens is 328 g/mol. The van der Waals surface area contributed by atoms with E-state index in [9.17, 15) is 18.0 Å². The Morgan fingerprint density at radius 1 is 1.21 bits per heavy atom. The minimum absolute atomic E-state index is 0.0726. The van der Waals surface area contributed by atoms with Gasteiger partial charge in [-0.15, -0.1) is 0 Å². The van der Waals surface area contributed by atoms with E-state index in [1.54, 1.807) is 12.1 Å². The molecular formula is C18H20O5S. The molecule has 3 rings (SSSR count). The SMILES string of the molecule is CC12CCC(C(=Cc3ccc(C(=O)S(=O)(=O)O)cc3)C1=O)C2(C)C. The predicted molar refractivity (Wildman–Crippen MR) is 89.9 cm³/mol. The van der Waals surface area contributed by atoms with Crippen molar-refractivity contribution in [2.45, 2.75) is 33.6 Å². The highest BCUT2D eigenvalue weighted by Gasteiger charge is 2.63. The van der Waals surface area contributed by atoms with E-state index in [2.05, 4.69) is 13.8 Å². The third kappa shape index (κ3) is 2.28. The molecule has 2 saturated carbocycles. The van der Waals surface area contributed by atoms with Gasteiger partial charge in [-0.05, 0) is 53.5 Å². The average molecular weight is 348 g/mol. The van der Waals surface area contributed by atoms with Crippen LogP contribution in [0.15, 0.2) is 29.8 Å². The first-order valence-electron chi connectivity index (χ1n) is 7.87. The summed E-state index contributed by atoms with van der Waals surface area (Å²) in [5, 5.41) is -1.33. The number of carbonyl (C=O) groups excluding carboxylic acids is 2. The molecule has 1 aromatic rings. The quantitative estimate of drug-likeness (QED) is 0.655. The lowest BCUT2D eigenvalue weighted by Crippen LogP contribution is -2.32. The van der Waals surface area contributed by atoms with E-state index in [0.29, 0.717) is 0 Å². The zero-order valence-corrected chi connectivity index (χ0v) is 14.7. The molecule has 24 heavy (non-hydrogen) atoms. The number of hydrogen-bond acceptors (Lipinski definition) is 4. The molecule has 2 atom stereocenters. The highest BCUT2D eigenvalue weighted by Crippen LogP contribution is 2.65. The van der Waals surface area contributed by atoms with Crippen LogP contribution in [-0.2, 0) is 14.9 Å². The first-order valence-corrected chi connectivity index (χ1v) is 9.31. The van der Waals surface area contributed by atoms with E-state index in [1.807, 2.05) is 13.0 Å². The van der Waals surface area contributed by atoms with Gasteiger partial charge in [0.25, 0.3) is 0 Å². The summed E-state index contributed by atoms with van der Waals surface area (Å²) in [7, 11) is -4.74. The van der Waals surface area contributed by atoms with Crippen LogP contribution in [0, 0.1) is 16.7 Å². The second-order valence-electron chi connectivity index (χ2n) is 7.46. The van der Waals surface area contributed by atoms with Crippen molar-refractivity contribution in [3.05, 3.63) is 41.0 Å². The largest absolute Gasteiger partial charge is 0.333 e. The Labute approximate surface area is 141 Å². The van der Waals surface area contributed by atoms with Gasteiger partial charge in [-0.25, -0.2) is 0 Å². The van der Waals surface area contributed by atoms with Gasteiger partial charge in [0.2, 0.25) is 0 Å². The van der Waals surface area contributed by atoms with E-state index in [-0.39, 0.29) is 28.1 Å². The molecule has 0 amide bonds. The minimum atomic E-state index is -4.74. The van der Waals surface area contributed by atoms with Crippen LogP contribution < -0.4 is 0 Å². The van der Waals surface area contributed by atoms with Crippen molar-refractivity contribution in [1.82, 2.24) is 0 Å². The number of fused-ring (bicyclic) bond motifs is 2. The Balaban J connectivity index is 1.94. The van der Waals surface area contributed by atoms with E-state index in [4.69, 9.17) is 4.55 Å². The molecule has 5 nitrogen and oxygen atoms in total.